The number of halogens is 1. The van der Waals surface area contributed by atoms with Gasteiger partial charge in [-0.15, -0.1) is 0 Å². The highest BCUT2D eigenvalue weighted by molar-refractivity contribution is 14.1. The van der Waals surface area contributed by atoms with Gasteiger partial charge in [-0.05, 0) is 42.0 Å². The van der Waals surface area contributed by atoms with E-state index in [1.54, 1.807) is 0 Å². The number of aromatic amines is 1. The van der Waals surface area contributed by atoms with Crippen molar-refractivity contribution in [2.75, 3.05) is 11.9 Å². The molecule has 0 saturated heterocycles. The van der Waals surface area contributed by atoms with E-state index in [9.17, 15) is 4.79 Å². The summed E-state index contributed by atoms with van der Waals surface area (Å²) in [4.78, 5) is 17.9. The fourth-order valence-electron chi connectivity index (χ4n) is 1.26. The van der Waals surface area contributed by atoms with Crippen LogP contribution >= 0.6 is 22.6 Å². The fraction of sp³-hybridized carbons (Fsp3) is 0.556. The molecule has 0 aliphatic carbocycles. The number of nitrogens with one attached hydrogen (secondary N) is 2. The maximum atomic E-state index is 11.3. The topological polar surface area (TPSA) is 83.8 Å². The minimum Gasteiger partial charge on any atom is -0.366 e. The lowest BCUT2D eigenvalue weighted by Crippen LogP contribution is -2.25. The second-order valence-electron chi connectivity index (χ2n) is 3.22. The molecule has 6 heteroatoms. The molecule has 1 unspecified atom stereocenters. The molecule has 0 aromatic carbocycles. The molecule has 0 radical (unpaired) electrons. The standard InChI is InChI=1S/C9H15IN4O/c1-2-6(3-4-11)14-8-7(10)9(15)13-5-12-8/h5-6H,2-4,11H2,1H3,(H2,12,13,14,15). The zero-order valence-corrected chi connectivity index (χ0v) is 10.7. The average molecular weight is 322 g/mol. The summed E-state index contributed by atoms with van der Waals surface area (Å²) in [5.74, 6) is 0.639. The minimum absolute atomic E-state index is 0.115. The summed E-state index contributed by atoms with van der Waals surface area (Å²) in [5, 5.41) is 3.22. The van der Waals surface area contributed by atoms with E-state index in [4.69, 9.17) is 5.73 Å². The molecular weight excluding hydrogens is 307 g/mol. The fourth-order valence-corrected chi connectivity index (χ4v) is 1.71. The smallest absolute Gasteiger partial charge is 0.266 e. The minimum atomic E-state index is -0.115. The van der Waals surface area contributed by atoms with Gasteiger partial charge in [-0.25, -0.2) is 4.98 Å². The number of nitrogens with two attached hydrogens (primary N) is 1. The molecule has 0 aliphatic heterocycles. The number of anilines is 1. The van der Waals surface area contributed by atoms with Crippen LogP contribution in [0.5, 0.6) is 0 Å². The van der Waals surface area contributed by atoms with Crippen molar-refractivity contribution < 1.29 is 0 Å². The zero-order valence-electron chi connectivity index (χ0n) is 8.59. The Hall–Kier alpha value is -0.630. The Morgan fingerprint density at radius 3 is 3.07 bits per heavy atom. The van der Waals surface area contributed by atoms with Crippen LogP contribution in [0.3, 0.4) is 0 Å². The Morgan fingerprint density at radius 1 is 1.73 bits per heavy atom. The largest absolute Gasteiger partial charge is 0.366 e. The summed E-state index contributed by atoms with van der Waals surface area (Å²) in [5.41, 5.74) is 5.38. The van der Waals surface area contributed by atoms with E-state index in [2.05, 4.69) is 22.2 Å². The molecule has 5 nitrogen and oxygen atoms in total. The number of nitrogens with zero attached hydrogens (tertiary/aromatic N) is 1. The molecule has 1 rings (SSSR count). The molecule has 0 spiro atoms. The van der Waals surface area contributed by atoms with Gasteiger partial charge in [-0.3, -0.25) is 4.79 Å². The van der Waals surface area contributed by atoms with E-state index in [1.807, 2.05) is 22.6 Å². The van der Waals surface area contributed by atoms with Crippen LogP contribution in [0, 0.1) is 3.57 Å². The quantitative estimate of drug-likeness (QED) is 0.704. The third-order valence-corrected chi connectivity index (χ3v) is 3.15. The second kappa shape index (κ2) is 6.06. The number of H-pyrrole nitrogens is 1. The van der Waals surface area contributed by atoms with Crippen molar-refractivity contribution in [3.8, 4) is 0 Å². The van der Waals surface area contributed by atoms with E-state index in [0.29, 0.717) is 15.9 Å². The van der Waals surface area contributed by atoms with Crippen LogP contribution in [0.4, 0.5) is 5.82 Å². The van der Waals surface area contributed by atoms with Crippen LogP contribution in [-0.4, -0.2) is 22.6 Å². The summed E-state index contributed by atoms with van der Waals surface area (Å²) < 4.78 is 0.588. The zero-order chi connectivity index (χ0) is 11.3. The number of hydrogen-bond acceptors (Lipinski definition) is 4. The Kier molecular flexibility index (Phi) is 5.03. The van der Waals surface area contributed by atoms with Gasteiger partial charge >= 0.3 is 0 Å². The van der Waals surface area contributed by atoms with E-state index in [-0.39, 0.29) is 11.6 Å². The molecule has 0 amide bonds. The molecule has 1 heterocycles. The summed E-state index contributed by atoms with van der Waals surface area (Å²) in [6.45, 7) is 2.71. The molecule has 4 N–H and O–H groups in total. The van der Waals surface area contributed by atoms with Gasteiger partial charge in [0.2, 0.25) is 0 Å². The van der Waals surface area contributed by atoms with Crippen LogP contribution in [-0.2, 0) is 0 Å². The van der Waals surface area contributed by atoms with Gasteiger partial charge in [0.15, 0.2) is 0 Å². The van der Waals surface area contributed by atoms with E-state index >= 15 is 0 Å². The highest BCUT2D eigenvalue weighted by atomic mass is 127. The van der Waals surface area contributed by atoms with Crippen LogP contribution in [0.15, 0.2) is 11.1 Å². The molecule has 0 fully saturated rings. The van der Waals surface area contributed by atoms with Gasteiger partial charge in [0.05, 0.1) is 6.33 Å². The average Bonchev–Trinajstić information content (AvgIpc) is 2.24. The van der Waals surface area contributed by atoms with Crippen molar-refractivity contribution in [2.24, 2.45) is 5.73 Å². The summed E-state index contributed by atoms with van der Waals surface area (Å²) in [7, 11) is 0. The van der Waals surface area contributed by atoms with Crippen molar-refractivity contribution in [3.63, 3.8) is 0 Å². The van der Waals surface area contributed by atoms with Crippen LogP contribution in [0.2, 0.25) is 0 Å². The predicted octanol–water partition coefficient (Wildman–Crippen LogP) is 0.914. The molecule has 1 aromatic heterocycles. The van der Waals surface area contributed by atoms with E-state index in [1.165, 1.54) is 6.33 Å². The van der Waals surface area contributed by atoms with E-state index < -0.39 is 0 Å². The predicted molar refractivity (Wildman–Crippen MR) is 68.9 cm³/mol. The van der Waals surface area contributed by atoms with Gasteiger partial charge in [0, 0.05) is 6.04 Å². The first-order valence-corrected chi connectivity index (χ1v) is 5.96. The van der Waals surface area contributed by atoms with Crippen molar-refractivity contribution >= 4 is 28.4 Å². The molecule has 0 aliphatic rings. The van der Waals surface area contributed by atoms with Crippen LogP contribution < -0.4 is 16.6 Å². The SMILES string of the molecule is CCC(CCN)Nc1nc[nH]c(=O)c1I. The maximum absolute atomic E-state index is 11.3. The lowest BCUT2D eigenvalue weighted by atomic mass is 10.1. The third-order valence-electron chi connectivity index (χ3n) is 2.15. The Bertz CT molecular complexity index is 365. The normalized spacial score (nSPS) is 12.5. The Labute approximate surface area is 102 Å². The van der Waals surface area contributed by atoms with Gasteiger partial charge in [-0.2, -0.15) is 0 Å². The van der Waals surface area contributed by atoms with Crippen molar-refractivity contribution in [1.29, 1.82) is 0 Å². The highest BCUT2D eigenvalue weighted by Gasteiger charge is 2.09. The highest BCUT2D eigenvalue weighted by Crippen LogP contribution is 2.12. The first-order valence-electron chi connectivity index (χ1n) is 4.88. The van der Waals surface area contributed by atoms with Gasteiger partial charge in [-0.1, -0.05) is 6.92 Å². The first-order chi connectivity index (χ1) is 7.19. The molecular formula is C9H15IN4O. The number of hydrogen-bond donors (Lipinski definition) is 3. The van der Waals surface area contributed by atoms with Crippen LogP contribution in [0.1, 0.15) is 19.8 Å². The number of rotatable bonds is 5. The third kappa shape index (κ3) is 3.45. The molecule has 15 heavy (non-hydrogen) atoms. The van der Waals surface area contributed by atoms with E-state index in [0.717, 1.165) is 12.8 Å². The summed E-state index contributed by atoms with van der Waals surface area (Å²) in [6, 6.07) is 0.276. The molecule has 84 valence electrons. The summed E-state index contributed by atoms with van der Waals surface area (Å²) in [6.07, 6.45) is 3.24. The van der Waals surface area contributed by atoms with Crippen molar-refractivity contribution in [1.82, 2.24) is 9.97 Å². The van der Waals surface area contributed by atoms with Gasteiger partial charge < -0.3 is 16.0 Å². The van der Waals surface area contributed by atoms with Gasteiger partial charge in [0.25, 0.3) is 5.56 Å². The Balaban J connectivity index is 2.79. The van der Waals surface area contributed by atoms with Crippen molar-refractivity contribution in [2.45, 2.75) is 25.8 Å². The number of aromatic nitrogens is 2. The maximum Gasteiger partial charge on any atom is 0.266 e. The monoisotopic (exact) mass is 322 g/mol. The lowest BCUT2D eigenvalue weighted by molar-refractivity contribution is 0.638. The lowest BCUT2D eigenvalue weighted by Gasteiger charge is -2.16. The molecule has 0 bridgehead atoms. The molecule has 0 saturated carbocycles. The van der Waals surface area contributed by atoms with Crippen molar-refractivity contribution in [3.05, 3.63) is 20.3 Å². The second-order valence-corrected chi connectivity index (χ2v) is 4.30. The van der Waals surface area contributed by atoms with Crippen LogP contribution in [0.25, 0.3) is 0 Å². The molecule has 1 atom stereocenters. The summed E-state index contributed by atoms with van der Waals surface area (Å²) >= 11 is 1.98. The Morgan fingerprint density at radius 2 is 2.47 bits per heavy atom. The van der Waals surface area contributed by atoms with Gasteiger partial charge in [0.1, 0.15) is 9.39 Å². The molecule has 1 aromatic rings. The first kappa shape index (κ1) is 12.4.